The Labute approximate surface area is 216 Å². The van der Waals surface area contributed by atoms with Gasteiger partial charge in [-0.05, 0) is 35.9 Å². The average molecular weight is 504 g/mol. The van der Waals surface area contributed by atoms with Crippen molar-refractivity contribution in [2.75, 3.05) is 24.7 Å². The van der Waals surface area contributed by atoms with Gasteiger partial charge in [-0.25, -0.2) is 9.78 Å². The lowest BCUT2D eigenvalue weighted by Crippen LogP contribution is -2.26. The fourth-order valence-electron chi connectivity index (χ4n) is 3.22. The van der Waals surface area contributed by atoms with Gasteiger partial charge in [-0.1, -0.05) is 46.4 Å². The molecule has 37 heavy (non-hydrogen) atoms. The summed E-state index contributed by atoms with van der Waals surface area (Å²) in [6, 6.07) is 12.7. The van der Waals surface area contributed by atoms with Crippen LogP contribution in [0, 0.1) is 0 Å². The summed E-state index contributed by atoms with van der Waals surface area (Å²) in [5.74, 6) is 0.0446. The van der Waals surface area contributed by atoms with Crippen molar-refractivity contribution in [1.29, 1.82) is 0 Å². The van der Waals surface area contributed by atoms with Crippen molar-refractivity contribution < 1.29 is 10.0 Å². The second-order valence-corrected chi connectivity index (χ2v) is 7.40. The van der Waals surface area contributed by atoms with Gasteiger partial charge in [-0.3, -0.25) is 9.78 Å². The minimum absolute atomic E-state index is 0.103. The molecule has 3 heterocycles. The molecule has 0 fully saturated rings. The first-order valence-corrected chi connectivity index (χ1v) is 11.9. The Morgan fingerprint density at radius 2 is 1.70 bits per heavy atom. The fraction of sp³-hybridized carbons (Fsp3) is 0.222. The summed E-state index contributed by atoms with van der Waals surface area (Å²) < 4.78 is 0.413. The molecule has 194 valence electrons. The Kier molecular flexibility index (Phi) is 10.3. The normalized spacial score (nSPS) is 9.78. The lowest BCUT2D eigenvalue weighted by Gasteiger charge is -2.14. The number of amides is 1. The van der Waals surface area contributed by atoms with Crippen LogP contribution in [0.15, 0.2) is 78.1 Å². The topological polar surface area (TPSA) is 125 Å². The Balaban J connectivity index is 0.00000115. The van der Waals surface area contributed by atoms with Gasteiger partial charge in [0.25, 0.3) is 5.91 Å². The predicted octanol–water partition coefficient (Wildman–Crippen LogP) is 4.90. The first-order valence-electron chi connectivity index (χ1n) is 11.9. The Bertz CT molecular complexity index is 1430. The molecule has 10 heteroatoms. The number of pyridine rings is 2. The maximum absolute atomic E-state index is 12.0. The Morgan fingerprint density at radius 3 is 2.41 bits per heavy atom. The summed E-state index contributed by atoms with van der Waals surface area (Å²) in [5, 5.41) is 16.5. The number of hydrogen-bond acceptors (Lipinski definition) is 8. The van der Waals surface area contributed by atoms with Crippen molar-refractivity contribution in [3.05, 3.63) is 83.8 Å². The fourth-order valence-corrected chi connectivity index (χ4v) is 3.22. The minimum atomic E-state index is -0.838. The van der Waals surface area contributed by atoms with Gasteiger partial charge in [0.1, 0.15) is 5.82 Å². The zero-order chi connectivity index (χ0) is 27.5. The quantitative estimate of drug-likeness (QED) is 0.251. The minimum Gasteiger partial charge on any atom is -0.422 e. The number of carbonyl (C=O) groups is 1. The number of fused-ring (bicyclic) bond motifs is 1. The van der Waals surface area contributed by atoms with Crippen molar-refractivity contribution >= 4 is 34.1 Å². The van der Waals surface area contributed by atoms with Gasteiger partial charge in [0, 0.05) is 37.7 Å². The van der Waals surface area contributed by atoms with E-state index in [1.807, 2.05) is 58.0 Å². The van der Waals surface area contributed by atoms with E-state index in [1.54, 1.807) is 38.6 Å². The highest BCUT2D eigenvalue weighted by Crippen LogP contribution is 2.27. The summed E-state index contributed by atoms with van der Waals surface area (Å²) >= 11 is 0. The van der Waals surface area contributed by atoms with Gasteiger partial charge in [0.15, 0.2) is 5.65 Å². The van der Waals surface area contributed by atoms with E-state index < -0.39 is 5.69 Å². The second-order valence-electron chi connectivity index (χ2n) is 7.40. The molecule has 0 spiro atoms. The van der Waals surface area contributed by atoms with Crippen LogP contribution in [0.3, 0.4) is 0 Å². The van der Waals surface area contributed by atoms with Gasteiger partial charge in [-0.2, -0.15) is 4.98 Å². The van der Waals surface area contributed by atoms with Crippen LogP contribution in [0.2, 0.25) is 0 Å². The Hall–Kier alpha value is -4.73. The molecule has 3 aromatic heterocycles. The van der Waals surface area contributed by atoms with E-state index in [1.165, 1.54) is 11.1 Å². The summed E-state index contributed by atoms with van der Waals surface area (Å²) in [5.41, 5.74) is 2.45. The van der Waals surface area contributed by atoms with Crippen LogP contribution in [-0.2, 0) is 4.79 Å². The maximum atomic E-state index is 12.0. The third kappa shape index (κ3) is 6.91. The molecule has 1 aromatic carbocycles. The van der Waals surface area contributed by atoms with Crippen molar-refractivity contribution in [2.45, 2.75) is 27.7 Å². The molecule has 0 atom stereocenters. The van der Waals surface area contributed by atoms with Gasteiger partial charge < -0.3 is 20.7 Å². The number of likely N-dealkylation sites (N-methyl/N-ethyl adjacent to an activating group) is 1. The molecule has 3 N–H and O–H groups in total. The molecule has 0 saturated heterocycles. The largest absolute Gasteiger partial charge is 0.422 e. The highest BCUT2D eigenvalue weighted by molar-refractivity contribution is 5.95. The van der Waals surface area contributed by atoms with Crippen molar-refractivity contribution in [3.63, 3.8) is 0 Å². The third-order valence-electron chi connectivity index (χ3n) is 4.79. The van der Waals surface area contributed by atoms with Gasteiger partial charge in [-0.15, -0.1) is 4.73 Å². The molecular weight excluding hydrogens is 470 g/mol. The monoisotopic (exact) mass is 503 g/mol. The van der Waals surface area contributed by atoms with Crippen molar-refractivity contribution in [3.8, 4) is 11.1 Å². The lowest BCUT2D eigenvalue weighted by atomic mass is 10.1. The molecule has 4 rings (SSSR count). The number of aromatic nitrogens is 4. The third-order valence-corrected chi connectivity index (χ3v) is 4.79. The number of anilines is 3. The zero-order valence-electron chi connectivity index (χ0n) is 22.0. The molecule has 0 radical (unpaired) electrons. The van der Waals surface area contributed by atoms with E-state index in [2.05, 4.69) is 32.2 Å². The van der Waals surface area contributed by atoms with Crippen LogP contribution in [0.25, 0.3) is 22.2 Å². The number of carbonyl (C=O) groups excluding carboxylic acids is 1. The van der Waals surface area contributed by atoms with Gasteiger partial charge >= 0.3 is 5.69 Å². The number of nitrogens with one attached hydrogen (secondary N) is 2. The highest BCUT2D eigenvalue weighted by atomic mass is 16.5. The molecular formula is C27H33N7O3. The number of hydrogen-bond donors (Lipinski definition) is 3. The zero-order valence-corrected chi connectivity index (χ0v) is 22.0. The lowest BCUT2D eigenvalue weighted by molar-refractivity contribution is -0.124. The molecule has 4 aromatic rings. The SMILES string of the molecule is C=C(Nc1cncc(-c2cccc(Nc3nc(=O)n(O)c4ncccc34)c2)c1)C(=O)N(C)C.CC.CC. The van der Waals surface area contributed by atoms with E-state index in [-0.39, 0.29) is 23.1 Å². The number of benzene rings is 1. The van der Waals surface area contributed by atoms with E-state index in [0.29, 0.717) is 21.5 Å². The predicted molar refractivity (Wildman–Crippen MR) is 148 cm³/mol. The van der Waals surface area contributed by atoms with E-state index >= 15 is 0 Å². The molecule has 0 saturated carbocycles. The van der Waals surface area contributed by atoms with Crippen LogP contribution >= 0.6 is 0 Å². The highest BCUT2D eigenvalue weighted by Gasteiger charge is 2.12. The molecule has 0 aliphatic rings. The van der Waals surface area contributed by atoms with Crippen LogP contribution in [0.1, 0.15) is 27.7 Å². The van der Waals surface area contributed by atoms with Crippen molar-refractivity contribution in [1.82, 2.24) is 24.6 Å². The first-order chi connectivity index (χ1) is 17.8. The molecule has 0 bridgehead atoms. The van der Waals surface area contributed by atoms with E-state index in [9.17, 15) is 14.8 Å². The summed E-state index contributed by atoms with van der Waals surface area (Å²) in [4.78, 5) is 37.7. The molecule has 0 aliphatic heterocycles. The Morgan fingerprint density at radius 1 is 1.00 bits per heavy atom. The first kappa shape index (κ1) is 28.5. The molecule has 1 amide bonds. The summed E-state index contributed by atoms with van der Waals surface area (Å²) in [6.45, 7) is 11.8. The van der Waals surface area contributed by atoms with Gasteiger partial charge in [0.2, 0.25) is 0 Å². The van der Waals surface area contributed by atoms with Crippen LogP contribution in [-0.4, -0.2) is 49.8 Å². The molecule has 10 nitrogen and oxygen atoms in total. The summed E-state index contributed by atoms with van der Waals surface area (Å²) in [7, 11) is 3.30. The van der Waals surface area contributed by atoms with E-state index in [0.717, 1.165) is 11.1 Å². The molecule has 0 aliphatic carbocycles. The number of rotatable bonds is 6. The number of nitrogens with zero attached hydrogens (tertiary/aromatic N) is 5. The molecule has 0 unspecified atom stereocenters. The van der Waals surface area contributed by atoms with Crippen LogP contribution in [0.5, 0.6) is 0 Å². The second kappa shape index (κ2) is 13.4. The smallest absolute Gasteiger partial charge is 0.384 e. The van der Waals surface area contributed by atoms with Crippen LogP contribution < -0.4 is 16.3 Å². The van der Waals surface area contributed by atoms with Crippen LogP contribution in [0.4, 0.5) is 17.2 Å². The summed E-state index contributed by atoms with van der Waals surface area (Å²) in [6.07, 6.45) is 4.78. The standard InChI is InChI=1S/C23H21N7O3.2C2H6/c1-14(22(31)29(2)3)26-18-11-16(12-24-13-18)15-6-4-7-17(10-15)27-20-19-8-5-9-25-21(19)30(33)23(32)28-20;2*1-2/h4-13,26,33H,1H2,2-3H3,(H,27,28,32);2*1-2H3. The maximum Gasteiger partial charge on any atom is 0.384 e. The van der Waals surface area contributed by atoms with Gasteiger partial charge in [0.05, 0.1) is 23.0 Å². The van der Waals surface area contributed by atoms with Crippen molar-refractivity contribution in [2.24, 2.45) is 0 Å². The van der Waals surface area contributed by atoms with E-state index in [4.69, 9.17) is 0 Å². The average Bonchev–Trinajstić information content (AvgIpc) is 2.93.